The first-order valence-corrected chi connectivity index (χ1v) is 5.49. The molecule has 0 aliphatic rings. The van der Waals surface area contributed by atoms with Gasteiger partial charge in [0.2, 0.25) is 5.91 Å². The van der Waals surface area contributed by atoms with Crippen molar-refractivity contribution in [1.29, 1.82) is 0 Å². The number of aryl methyl sites for hydroxylation is 1. The van der Waals surface area contributed by atoms with E-state index in [9.17, 15) is 18.0 Å². The third kappa shape index (κ3) is 3.38. The van der Waals surface area contributed by atoms with Crippen molar-refractivity contribution in [2.24, 2.45) is 5.73 Å². The van der Waals surface area contributed by atoms with Crippen LogP contribution in [-0.2, 0) is 11.0 Å². The maximum atomic E-state index is 12.7. The van der Waals surface area contributed by atoms with Crippen LogP contribution in [0, 0.1) is 6.92 Å². The van der Waals surface area contributed by atoms with Gasteiger partial charge in [-0.2, -0.15) is 13.2 Å². The van der Waals surface area contributed by atoms with E-state index in [4.69, 9.17) is 5.73 Å². The van der Waals surface area contributed by atoms with E-state index in [2.05, 4.69) is 5.32 Å². The number of rotatable bonds is 4. The molecular formula is C12H15F3N2O. The van der Waals surface area contributed by atoms with E-state index in [1.165, 1.54) is 19.1 Å². The molecule has 1 aromatic carbocycles. The van der Waals surface area contributed by atoms with E-state index in [1.807, 2.05) is 0 Å². The summed E-state index contributed by atoms with van der Waals surface area (Å²) in [6.07, 6.45) is -4.00. The number of nitrogens with two attached hydrogens (primary N) is 1. The first-order chi connectivity index (χ1) is 8.25. The third-order valence-electron chi connectivity index (χ3n) is 2.64. The highest BCUT2D eigenvalue weighted by molar-refractivity contribution is 5.82. The Hall–Kier alpha value is -1.72. The summed E-state index contributed by atoms with van der Waals surface area (Å²) in [6, 6.07) is 3.17. The summed E-state index contributed by atoms with van der Waals surface area (Å²) < 4.78 is 38.1. The molecule has 0 aliphatic heterocycles. The van der Waals surface area contributed by atoms with Crippen LogP contribution in [0.3, 0.4) is 0 Å². The lowest BCUT2D eigenvalue weighted by Crippen LogP contribution is -2.34. The van der Waals surface area contributed by atoms with Crippen LogP contribution in [0.1, 0.15) is 24.5 Å². The van der Waals surface area contributed by atoms with Crippen molar-refractivity contribution in [2.45, 2.75) is 32.5 Å². The van der Waals surface area contributed by atoms with E-state index in [0.717, 1.165) is 6.07 Å². The summed E-state index contributed by atoms with van der Waals surface area (Å²) in [5, 5.41) is 2.69. The monoisotopic (exact) mass is 260 g/mol. The summed E-state index contributed by atoms with van der Waals surface area (Å²) in [6.45, 7) is 3.11. The van der Waals surface area contributed by atoms with Crippen molar-refractivity contribution in [2.75, 3.05) is 5.32 Å². The molecule has 0 radical (unpaired) electrons. The van der Waals surface area contributed by atoms with Crippen LogP contribution in [0.4, 0.5) is 18.9 Å². The lowest BCUT2D eigenvalue weighted by Gasteiger charge is -2.17. The van der Waals surface area contributed by atoms with Crippen LogP contribution in [0.25, 0.3) is 0 Å². The molecule has 0 spiro atoms. The molecule has 0 saturated carbocycles. The van der Waals surface area contributed by atoms with Gasteiger partial charge in [0.1, 0.15) is 6.04 Å². The summed E-state index contributed by atoms with van der Waals surface area (Å²) in [5.74, 6) is -0.591. The molecule has 1 amide bonds. The molecule has 0 bridgehead atoms. The van der Waals surface area contributed by atoms with Crippen LogP contribution in [0.2, 0.25) is 0 Å². The number of hydrogen-bond acceptors (Lipinski definition) is 2. The van der Waals surface area contributed by atoms with E-state index in [0.29, 0.717) is 6.42 Å². The molecule has 1 unspecified atom stereocenters. The van der Waals surface area contributed by atoms with Gasteiger partial charge in [0.25, 0.3) is 0 Å². The van der Waals surface area contributed by atoms with Gasteiger partial charge in [0.15, 0.2) is 0 Å². The standard InChI is InChI=1S/C12H15F3N2O/c1-3-10(11(16)18)17-8-5-4-7(2)9(6-8)12(13,14)15/h4-6,10,17H,3H2,1-2H3,(H2,16,18). The zero-order chi connectivity index (χ0) is 13.9. The second-order valence-corrected chi connectivity index (χ2v) is 4.04. The molecule has 3 nitrogen and oxygen atoms in total. The van der Waals surface area contributed by atoms with Crippen LogP contribution >= 0.6 is 0 Å². The van der Waals surface area contributed by atoms with E-state index < -0.39 is 23.7 Å². The average molecular weight is 260 g/mol. The van der Waals surface area contributed by atoms with Crippen LogP contribution in [0.5, 0.6) is 0 Å². The van der Waals surface area contributed by atoms with Gasteiger partial charge in [-0.15, -0.1) is 0 Å². The van der Waals surface area contributed by atoms with Crippen molar-refractivity contribution < 1.29 is 18.0 Å². The fourth-order valence-electron chi connectivity index (χ4n) is 1.59. The first kappa shape index (κ1) is 14.3. The molecule has 18 heavy (non-hydrogen) atoms. The number of carbonyl (C=O) groups is 1. The average Bonchev–Trinajstić information content (AvgIpc) is 2.25. The van der Waals surface area contributed by atoms with Gasteiger partial charge < -0.3 is 11.1 Å². The SMILES string of the molecule is CCC(Nc1ccc(C)c(C(F)(F)F)c1)C(N)=O. The van der Waals surface area contributed by atoms with E-state index in [-0.39, 0.29) is 11.3 Å². The number of benzene rings is 1. The molecule has 0 heterocycles. The maximum absolute atomic E-state index is 12.7. The van der Waals surface area contributed by atoms with Gasteiger partial charge in [0.05, 0.1) is 5.56 Å². The van der Waals surface area contributed by atoms with Gasteiger partial charge in [-0.3, -0.25) is 4.79 Å². The molecule has 0 aliphatic carbocycles. The Kier molecular flexibility index (Phi) is 4.21. The predicted molar refractivity (Wildman–Crippen MR) is 63.1 cm³/mol. The van der Waals surface area contributed by atoms with E-state index >= 15 is 0 Å². The van der Waals surface area contributed by atoms with Crippen molar-refractivity contribution in [3.8, 4) is 0 Å². The Morgan fingerprint density at radius 1 is 1.44 bits per heavy atom. The van der Waals surface area contributed by atoms with E-state index in [1.54, 1.807) is 6.92 Å². The molecular weight excluding hydrogens is 245 g/mol. The molecule has 0 fully saturated rings. The Balaban J connectivity index is 3.02. The smallest absolute Gasteiger partial charge is 0.374 e. The lowest BCUT2D eigenvalue weighted by molar-refractivity contribution is -0.138. The number of nitrogens with one attached hydrogen (secondary N) is 1. The lowest BCUT2D eigenvalue weighted by atomic mass is 10.1. The number of amides is 1. The fourth-order valence-corrected chi connectivity index (χ4v) is 1.59. The Morgan fingerprint density at radius 2 is 2.06 bits per heavy atom. The normalized spacial score (nSPS) is 13.2. The van der Waals surface area contributed by atoms with Crippen molar-refractivity contribution in [3.05, 3.63) is 29.3 Å². The molecule has 0 saturated heterocycles. The highest BCUT2D eigenvalue weighted by Gasteiger charge is 2.32. The van der Waals surface area contributed by atoms with Gasteiger partial charge in [-0.25, -0.2) is 0 Å². The van der Waals surface area contributed by atoms with Crippen molar-refractivity contribution in [3.63, 3.8) is 0 Å². The van der Waals surface area contributed by atoms with Crippen molar-refractivity contribution >= 4 is 11.6 Å². The maximum Gasteiger partial charge on any atom is 0.416 e. The summed E-state index contributed by atoms with van der Waals surface area (Å²) in [5.41, 5.74) is 4.78. The number of hydrogen-bond donors (Lipinski definition) is 2. The zero-order valence-electron chi connectivity index (χ0n) is 10.1. The number of alkyl halides is 3. The van der Waals surface area contributed by atoms with Gasteiger partial charge in [-0.05, 0) is 31.0 Å². The van der Waals surface area contributed by atoms with Crippen LogP contribution in [0.15, 0.2) is 18.2 Å². The topological polar surface area (TPSA) is 55.1 Å². The number of carbonyl (C=O) groups excluding carboxylic acids is 1. The number of halogens is 3. The number of primary amides is 1. The largest absolute Gasteiger partial charge is 0.416 e. The highest BCUT2D eigenvalue weighted by Crippen LogP contribution is 2.33. The Labute approximate surface area is 103 Å². The summed E-state index contributed by atoms with van der Waals surface area (Å²) >= 11 is 0. The first-order valence-electron chi connectivity index (χ1n) is 5.49. The van der Waals surface area contributed by atoms with Gasteiger partial charge in [-0.1, -0.05) is 13.0 Å². The second kappa shape index (κ2) is 5.29. The minimum atomic E-state index is -4.41. The van der Waals surface area contributed by atoms with Gasteiger partial charge >= 0.3 is 6.18 Å². The molecule has 6 heteroatoms. The highest BCUT2D eigenvalue weighted by atomic mass is 19.4. The molecule has 0 aromatic heterocycles. The second-order valence-electron chi connectivity index (χ2n) is 4.04. The Bertz CT molecular complexity index is 443. The fraction of sp³-hybridized carbons (Fsp3) is 0.417. The molecule has 100 valence electrons. The molecule has 3 N–H and O–H groups in total. The minimum Gasteiger partial charge on any atom is -0.374 e. The molecule has 1 aromatic rings. The van der Waals surface area contributed by atoms with Gasteiger partial charge in [0, 0.05) is 5.69 Å². The summed E-state index contributed by atoms with van der Waals surface area (Å²) in [7, 11) is 0. The predicted octanol–water partition coefficient (Wildman–Crippen LogP) is 2.69. The number of anilines is 1. The zero-order valence-corrected chi connectivity index (χ0v) is 10.1. The van der Waals surface area contributed by atoms with Crippen LogP contribution in [-0.4, -0.2) is 11.9 Å². The third-order valence-corrected chi connectivity index (χ3v) is 2.64. The molecule has 1 atom stereocenters. The Morgan fingerprint density at radius 3 is 2.50 bits per heavy atom. The quantitative estimate of drug-likeness (QED) is 0.874. The molecule has 1 rings (SSSR count). The van der Waals surface area contributed by atoms with Crippen LogP contribution < -0.4 is 11.1 Å². The summed E-state index contributed by atoms with van der Waals surface area (Å²) in [4.78, 5) is 11.0. The minimum absolute atomic E-state index is 0.139. The van der Waals surface area contributed by atoms with Crippen molar-refractivity contribution in [1.82, 2.24) is 0 Å².